The molecule has 0 unspecified atom stereocenters. The molecule has 1 aliphatic carbocycles. The Kier molecular flexibility index (Phi) is 4.97. The third-order valence-electron chi connectivity index (χ3n) is 6.25. The lowest BCUT2D eigenvalue weighted by Crippen LogP contribution is -2.26. The van der Waals surface area contributed by atoms with E-state index in [1.807, 2.05) is 25.2 Å². The van der Waals surface area contributed by atoms with Crippen LogP contribution in [0.5, 0.6) is 5.75 Å². The summed E-state index contributed by atoms with van der Waals surface area (Å²) < 4.78 is 33.6. The van der Waals surface area contributed by atoms with Gasteiger partial charge in [-0.1, -0.05) is 12.1 Å². The number of ether oxygens (including phenoxy) is 1. The number of rotatable bonds is 5. The highest BCUT2D eigenvalue weighted by atomic mass is 19.3. The summed E-state index contributed by atoms with van der Waals surface area (Å²) >= 11 is 0. The molecule has 2 aliphatic rings. The maximum Gasteiger partial charge on any atom is 0.387 e. The molecule has 0 saturated heterocycles. The zero-order valence-corrected chi connectivity index (χ0v) is 17.5. The number of likely N-dealkylation sites (N-methyl/N-ethyl adjacent to an activating group) is 1. The van der Waals surface area contributed by atoms with Crippen LogP contribution in [-0.2, 0) is 13.0 Å². The number of hydrogen-bond acceptors (Lipinski definition) is 4. The molecule has 32 heavy (non-hydrogen) atoms. The van der Waals surface area contributed by atoms with Crippen LogP contribution in [-0.4, -0.2) is 40.7 Å². The highest BCUT2D eigenvalue weighted by Crippen LogP contribution is 2.43. The lowest BCUT2D eigenvalue weighted by Gasteiger charge is -2.26. The highest BCUT2D eigenvalue weighted by molar-refractivity contribution is 5.97. The number of hydrogen-bond donors (Lipinski definition) is 1. The largest absolute Gasteiger partial charge is 0.477 e. The van der Waals surface area contributed by atoms with Crippen molar-refractivity contribution in [3.8, 4) is 16.9 Å². The molecule has 1 fully saturated rings. The lowest BCUT2D eigenvalue weighted by atomic mass is 9.93. The first-order valence-corrected chi connectivity index (χ1v) is 10.5. The molecule has 0 radical (unpaired) electrons. The van der Waals surface area contributed by atoms with E-state index in [4.69, 9.17) is 4.74 Å². The van der Waals surface area contributed by atoms with Gasteiger partial charge < -0.3 is 19.3 Å². The van der Waals surface area contributed by atoms with Gasteiger partial charge in [0.2, 0.25) is 5.43 Å². The van der Waals surface area contributed by atoms with Gasteiger partial charge in [-0.05, 0) is 61.2 Å². The molecule has 0 atom stereocenters. The number of aromatic carboxylic acids is 1. The lowest BCUT2D eigenvalue weighted by molar-refractivity contribution is -0.0486. The second-order valence-electron chi connectivity index (χ2n) is 8.50. The molecule has 166 valence electrons. The van der Waals surface area contributed by atoms with Crippen LogP contribution in [0.1, 0.15) is 40.4 Å². The molecular formula is C24H22F2N2O4. The van der Waals surface area contributed by atoms with E-state index in [0.29, 0.717) is 11.1 Å². The van der Waals surface area contributed by atoms with Gasteiger partial charge in [-0.25, -0.2) is 4.79 Å². The predicted molar refractivity (Wildman–Crippen MR) is 116 cm³/mol. The van der Waals surface area contributed by atoms with Crippen LogP contribution >= 0.6 is 0 Å². The molecule has 0 spiro atoms. The molecule has 1 aliphatic heterocycles. The molecule has 0 bridgehead atoms. The maximum atomic E-state index is 13.5. The van der Waals surface area contributed by atoms with Crippen molar-refractivity contribution in [1.82, 2.24) is 9.47 Å². The zero-order valence-electron chi connectivity index (χ0n) is 17.5. The maximum absolute atomic E-state index is 13.5. The summed E-state index contributed by atoms with van der Waals surface area (Å²) in [6, 6.07) is 8.91. The minimum Gasteiger partial charge on any atom is -0.477 e. The number of carboxylic acids is 1. The monoisotopic (exact) mass is 440 g/mol. The molecule has 8 heteroatoms. The van der Waals surface area contributed by atoms with Gasteiger partial charge in [-0.2, -0.15) is 8.78 Å². The Morgan fingerprint density at radius 2 is 1.97 bits per heavy atom. The van der Waals surface area contributed by atoms with E-state index in [-0.39, 0.29) is 28.3 Å². The molecule has 5 rings (SSSR count). The van der Waals surface area contributed by atoms with Crippen molar-refractivity contribution in [2.24, 2.45) is 0 Å². The summed E-state index contributed by atoms with van der Waals surface area (Å²) in [5.74, 6) is -1.44. The average Bonchev–Trinajstić information content (AvgIpc) is 3.58. The van der Waals surface area contributed by atoms with Gasteiger partial charge in [0, 0.05) is 30.9 Å². The molecule has 3 aromatic rings. The quantitative estimate of drug-likeness (QED) is 0.641. The minimum atomic E-state index is -3.09. The van der Waals surface area contributed by atoms with Crippen LogP contribution in [0, 0.1) is 0 Å². The van der Waals surface area contributed by atoms with Crippen LogP contribution in [0.2, 0.25) is 0 Å². The molecule has 1 N–H and O–H groups in total. The Labute approximate surface area is 182 Å². The van der Waals surface area contributed by atoms with Gasteiger partial charge in [0.25, 0.3) is 0 Å². The first kappa shape index (κ1) is 20.6. The van der Waals surface area contributed by atoms with Crippen molar-refractivity contribution in [3.05, 3.63) is 63.4 Å². The van der Waals surface area contributed by atoms with Gasteiger partial charge in [0.15, 0.2) is 5.75 Å². The van der Waals surface area contributed by atoms with E-state index < -0.39 is 18.0 Å². The Morgan fingerprint density at radius 3 is 2.66 bits per heavy atom. The topological polar surface area (TPSA) is 71.8 Å². The minimum absolute atomic E-state index is 0.0522. The predicted octanol–water partition coefficient (Wildman–Crippen LogP) is 4.29. The average molecular weight is 440 g/mol. The van der Waals surface area contributed by atoms with E-state index in [1.165, 1.54) is 17.8 Å². The van der Waals surface area contributed by atoms with Crippen LogP contribution in [0.3, 0.4) is 0 Å². The van der Waals surface area contributed by atoms with Gasteiger partial charge in [-0.3, -0.25) is 4.79 Å². The number of halogens is 2. The fraction of sp³-hybridized carbons (Fsp3) is 0.333. The standard InChI is InChI=1S/C24H22F2N2O4/c1-27-9-8-13-2-3-14(10-15(13)11-27)17-6-7-18-20(22(17)32-24(25)26)28(16-4-5-16)12-19(21(18)29)23(30)31/h2-3,6-7,10,12,16,24H,4-5,8-9,11H2,1H3,(H,30,31). The second kappa shape index (κ2) is 7.70. The number of pyridine rings is 1. The molecule has 2 aromatic carbocycles. The molecule has 2 heterocycles. The van der Waals surface area contributed by atoms with Crippen LogP contribution < -0.4 is 10.2 Å². The molecule has 6 nitrogen and oxygen atoms in total. The molecule has 1 aromatic heterocycles. The van der Waals surface area contributed by atoms with E-state index in [9.17, 15) is 23.5 Å². The Morgan fingerprint density at radius 1 is 1.19 bits per heavy atom. The number of aromatic nitrogens is 1. The van der Waals surface area contributed by atoms with Crippen molar-refractivity contribution in [2.45, 2.75) is 38.5 Å². The van der Waals surface area contributed by atoms with Crippen molar-refractivity contribution in [3.63, 3.8) is 0 Å². The first-order valence-electron chi connectivity index (χ1n) is 10.5. The third kappa shape index (κ3) is 3.54. The third-order valence-corrected chi connectivity index (χ3v) is 6.25. The van der Waals surface area contributed by atoms with Gasteiger partial charge in [-0.15, -0.1) is 0 Å². The molecule has 1 saturated carbocycles. The fourth-order valence-electron chi connectivity index (χ4n) is 4.51. The summed E-state index contributed by atoms with van der Waals surface area (Å²) in [5, 5.41) is 9.53. The summed E-state index contributed by atoms with van der Waals surface area (Å²) in [6.45, 7) is -1.37. The van der Waals surface area contributed by atoms with Crippen LogP contribution in [0.25, 0.3) is 22.0 Å². The smallest absolute Gasteiger partial charge is 0.387 e. The Hall–Kier alpha value is -3.26. The summed E-state index contributed by atoms with van der Waals surface area (Å²) in [5.41, 5.74) is 2.65. The second-order valence-corrected chi connectivity index (χ2v) is 8.50. The number of alkyl halides is 2. The van der Waals surface area contributed by atoms with Crippen LogP contribution in [0.4, 0.5) is 8.78 Å². The Balaban J connectivity index is 1.78. The number of carbonyl (C=O) groups is 1. The highest BCUT2D eigenvalue weighted by Gasteiger charge is 2.30. The number of benzene rings is 2. The zero-order chi connectivity index (χ0) is 22.6. The van der Waals surface area contributed by atoms with E-state index in [0.717, 1.165) is 37.9 Å². The van der Waals surface area contributed by atoms with Crippen molar-refractivity contribution >= 4 is 16.9 Å². The number of carboxylic acid groups (broad SMARTS) is 1. The van der Waals surface area contributed by atoms with E-state index in [1.54, 1.807) is 10.6 Å². The normalized spacial score (nSPS) is 16.4. The molecular weight excluding hydrogens is 418 g/mol. The fourth-order valence-corrected chi connectivity index (χ4v) is 4.51. The van der Waals surface area contributed by atoms with Crippen molar-refractivity contribution < 1.29 is 23.4 Å². The van der Waals surface area contributed by atoms with E-state index in [2.05, 4.69) is 4.90 Å². The number of fused-ring (bicyclic) bond motifs is 2. The molecule has 0 amide bonds. The Bertz CT molecular complexity index is 1300. The summed E-state index contributed by atoms with van der Waals surface area (Å²) in [4.78, 5) is 26.6. The van der Waals surface area contributed by atoms with Crippen LogP contribution in [0.15, 0.2) is 41.3 Å². The van der Waals surface area contributed by atoms with Gasteiger partial charge in [0.05, 0.1) is 10.9 Å². The summed E-state index contributed by atoms with van der Waals surface area (Å²) in [7, 11) is 2.03. The van der Waals surface area contributed by atoms with E-state index >= 15 is 0 Å². The first-order chi connectivity index (χ1) is 15.3. The van der Waals surface area contributed by atoms with Gasteiger partial charge in [0.1, 0.15) is 5.56 Å². The van der Waals surface area contributed by atoms with Crippen molar-refractivity contribution in [2.75, 3.05) is 13.6 Å². The van der Waals surface area contributed by atoms with Crippen molar-refractivity contribution in [1.29, 1.82) is 0 Å². The number of nitrogens with zero attached hydrogens (tertiary/aromatic N) is 2. The summed E-state index contributed by atoms with van der Waals surface area (Å²) in [6.07, 6.45) is 3.74. The SMILES string of the molecule is CN1CCc2ccc(-c3ccc4c(=O)c(C(=O)O)cn(C5CC5)c4c3OC(F)F)cc2C1. The van der Waals surface area contributed by atoms with Gasteiger partial charge >= 0.3 is 12.6 Å².